The highest BCUT2D eigenvalue weighted by molar-refractivity contribution is 5.81. The van der Waals surface area contributed by atoms with Crippen molar-refractivity contribution < 1.29 is 19.4 Å². The molecule has 138 valence electrons. The molecule has 0 aliphatic heterocycles. The van der Waals surface area contributed by atoms with E-state index in [1.54, 1.807) is 44.6 Å². The Morgan fingerprint density at radius 3 is 2.54 bits per heavy atom. The number of hydrogen-bond donors (Lipinski definition) is 2. The molecule has 2 aromatic rings. The van der Waals surface area contributed by atoms with Crippen LogP contribution >= 0.6 is 0 Å². The van der Waals surface area contributed by atoms with Gasteiger partial charge in [0, 0.05) is 12.1 Å². The van der Waals surface area contributed by atoms with E-state index >= 15 is 0 Å². The van der Waals surface area contributed by atoms with Gasteiger partial charge in [-0.2, -0.15) is 0 Å². The summed E-state index contributed by atoms with van der Waals surface area (Å²) in [5, 5.41) is 12.9. The zero-order chi connectivity index (χ0) is 18.9. The number of aliphatic hydroxyl groups is 1. The van der Waals surface area contributed by atoms with E-state index in [-0.39, 0.29) is 0 Å². The molecule has 2 N–H and O–H groups in total. The molecule has 0 saturated carbocycles. The number of carbonyl (C=O) groups is 1. The Morgan fingerprint density at radius 1 is 1.19 bits per heavy atom. The second-order valence-electron chi connectivity index (χ2n) is 5.79. The third-order valence-corrected chi connectivity index (χ3v) is 4.15. The average molecular weight is 355 g/mol. The number of rotatable bonds is 9. The van der Waals surface area contributed by atoms with Crippen molar-refractivity contribution in [2.75, 3.05) is 20.8 Å². The number of benzene rings is 2. The van der Waals surface area contributed by atoms with Crippen molar-refractivity contribution in [3.8, 4) is 11.5 Å². The van der Waals surface area contributed by atoms with Crippen LogP contribution in [0.2, 0.25) is 0 Å². The number of ether oxygens (including phenoxy) is 2. The topological polar surface area (TPSA) is 67.8 Å². The van der Waals surface area contributed by atoms with Crippen LogP contribution < -0.4 is 14.8 Å². The van der Waals surface area contributed by atoms with Gasteiger partial charge in [-0.15, -0.1) is 6.58 Å². The molecule has 0 heterocycles. The highest BCUT2D eigenvalue weighted by Gasteiger charge is 2.17. The van der Waals surface area contributed by atoms with Crippen molar-refractivity contribution in [2.45, 2.75) is 18.9 Å². The second kappa shape index (κ2) is 9.63. The Morgan fingerprint density at radius 2 is 1.92 bits per heavy atom. The van der Waals surface area contributed by atoms with Crippen LogP contribution in [-0.4, -0.2) is 31.8 Å². The van der Waals surface area contributed by atoms with Crippen molar-refractivity contribution in [1.29, 1.82) is 0 Å². The Balaban J connectivity index is 2.05. The largest absolute Gasteiger partial charge is 0.493 e. The number of amides is 1. The second-order valence-corrected chi connectivity index (χ2v) is 5.79. The first-order valence-corrected chi connectivity index (χ1v) is 8.46. The van der Waals surface area contributed by atoms with Crippen LogP contribution in [0.5, 0.6) is 11.5 Å². The van der Waals surface area contributed by atoms with Crippen LogP contribution in [0.25, 0.3) is 0 Å². The average Bonchev–Trinajstić information content (AvgIpc) is 2.68. The smallest absolute Gasteiger partial charge is 0.253 e. The van der Waals surface area contributed by atoms with Crippen molar-refractivity contribution in [3.63, 3.8) is 0 Å². The van der Waals surface area contributed by atoms with E-state index in [0.29, 0.717) is 36.4 Å². The molecule has 0 spiro atoms. The molecule has 2 rings (SSSR count). The maximum atomic E-state index is 12.1. The Kier molecular flexibility index (Phi) is 7.24. The molecule has 2 aromatic carbocycles. The molecular weight excluding hydrogens is 330 g/mol. The number of allylic oxidation sites excluding steroid dienone is 1. The molecular formula is C21H25NO4. The summed E-state index contributed by atoms with van der Waals surface area (Å²) in [5.74, 6) is 0.930. The van der Waals surface area contributed by atoms with E-state index in [2.05, 4.69) is 11.9 Å². The van der Waals surface area contributed by atoms with Crippen LogP contribution in [0.3, 0.4) is 0 Å². The normalized spacial score (nSPS) is 11.5. The zero-order valence-electron chi connectivity index (χ0n) is 15.2. The van der Waals surface area contributed by atoms with Gasteiger partial charge in [0.25, 0.3) is 5.91 Å². The summed E-state index contributed by atoms with van der Waals surface area (Å²) in [5.41, 5.74) is 2.60. The van der Waals surface area contributed by atoms with Gasteiger partial charge >= 0.3 is 0 Å². The van der Waals surface area contributed by atoms with Crippen LogP contribution in [0.1, 0.15) is 22.8 Å². The monoisotopic (exact) mass is 355 g/mol. The van der Waals surface area contributed by atoms with Crippen LogP contribution in [-0.2, 0) is 17.6 Å². The quantitative estimate of drug-likeness (QED) is 0.679. The zero-order valence-corrected chi connectivity index (χ0v) is 15.2. The summed E-state index contributed by atoms with van der Waals surface area (Å²) in [4.78, 5) is 12.1. The maximum absolute atomic E-state index is 12.1. The molecule has 0 fully saturated rings. The van der Waals surface area contributed by atoms with Gasteiger partial charge in [0.15, 0.2) is 17.6 Å². The highest BCUT2D eigenvalue weighted by atomic mass is 16.5. The van der Waals surface area contributed by atoms with E-state index in [1.807, 2.05) is 18.2 Å². The van der Waals surface area contributed by atoms with Crippen LogP contribution in [0.4, 0.5) is 0 Å². The van der Waals surface area contributed by atoms with Gasteiger partial charge in [-0.3, -0.25) is 4.79 Å². The summed E-state index contributed by atoms with van der Waals surface area (Å²) in [7, 11) is 3.20. The van der Waals surface area contributed by atoms with E-state index in [0.717, 1.165) is 11.1 Å². The molecule has 0 saturated heterocycles. The van der Waals surface area contributed by atoms with Gasteiger partial charge < -0.3 is 19.9 Å². The summed E-state index contributed by atoms with van der Waals surface area (Å²) in [6.45, 7) is 4.20. The SMILES string of the molecule is C=CCc1c(CCNC(=O)C(O)c2ccccc2)ccc(OC)c1OC. The standard InChI is InChI=1S/C21H25NO4/c1-4-8-17-15(11-12-18(25-2)20(17)26-3)13-14-22-21(24)19(23)16-9-6-5-7-10-16/h4-7,9-12,19,23H,1,8,13-14H2,2-3H3,(H,22,24). The Labute approximate surface area is 154 Å². The third-order valence-electron chi connectivity index (χ3n) is 4.15. The lowest BCUT2D eigenvalue weighted by Gasteiger charge is -2.17. The van der Waals surface area contributed by atoms with Crippen LogP contribution in [0.15, 0.2) is 55.1 Å². The minimum absolute atomic E-state index is 0.405. The van der Waals surface area contributed by atoms with Gasteiger partial charge in [-0.05, 0) is 30.0 Å². The predicted octanol–water partition coefficient (Wildman–Crippen LogP) is 2.82. The minimum atomic E-state index is -1.17. The van der Waals surface area contributed by atoms with Crippen LogP contribution in [0, 0.1) is 0 Å². The summed E-state index contributed by atoms with van der Waals surface area (Å²) in [6.07, 6.45) is 1.88. The minimum Gasteiger partial charge on any atom is -0.493 e. The number of methoxy groups -OCH3 is 2. The van der Waals surface area contributed by atoms with Crippen molar-refractivity contribution >= 4 is 5.91 Å². The molecule has 5 heteroatoms. The number of nitrogens with one attached hydrogen (secondary N) is 1. The number of aliphatic hydroxyl groups excluding tert-OH is 1. The Hall–Kier alpha value is -2.79. The van der Waals surface area contributed by atoms with Crippen molar-refractivity contribution in [2.24, 2.45) is 0 Å². The van der Waals surface area contributed by atoms with Crippen molar-refractivity contribution in [3.05, 3.63) is 71.8 Å². The predicted molar refractivity (Wildman–Crippen MR) is 102 cm³/mol. The first kappa shape index (κ1) is 19.5. The third kappa shape index (κ3) is 4.64. The molecule has 1 atom stereocenters. The summed E-state index contributed by atoms with van der Waals surface area (Å²) < 4.78 is 10.8. The molecule has 0 bridgehead atoms. The number of carbonyl (C=O) groups excluding carboxylic acids is 1. The molecule has 0 aliphatic carbocycles. The molecule has 0 radical (unpaired) electrons. The van der Waals surface area contributed by atoms with Gasteiger partial charge in [-0.1, -0.05) is 42.5 Å². The molecule has 0 aromatic heterocycles. The van der Waals surface area contributed by atoms with Gasteiger partial charge in [0.05, 0.1) is 14.2 Å². The molecule has 26 heavy (non-hydrogen) atoms. The maximum Gasteiger partial charge on any atom is 0.253 e. The lowest BCUT2D eigenvalue weighted by molar-refractivity contribution is -0.129. The van der Waals surface area contributed by atoms with E-state index < -0.39 is 12.0 Å². The lowest BCUT2D eigenvalue weighted by Crippen LogP contribution is -2.31. The molecule has 5 nitrogen and oxygen atoms in total. The first-order chi connectivity index (χ1) is 12.6. The van der Waals surface area contributed by atoms with Gasteiger partial charge in [-0.25, -0.2) is 0 Å². The van der Waals surface area contributed by atoms with Gasteiger partial charge in [0.2, 0.25) is 0 Å². The molecule has 1 unspecified atom stereocenters. The van der Waals surface area contributed by atoms with Gasteiger partial charge in [0.1, 0.15) is 0 Å². The van der Waals surface area contributed by atoms with E-state index in [4.69, 9.17) is 9.47 Å². The first-order valence-electron chi connectivity index (χ1n) is 8.46. The highest BCUT2D eigenvalue weighted by Crippen LogP contribution is 2.34. The van der Waals surface area contributed by atoms with E-state index in [9.17, 15) is 9.90 Å². The number of hydrogen-bond acceptors (Lipinski definition) is 4. The summed E-state index contributed by atoms with van der Waals surface area (Å²) in [6, 6.07) is 12.7. The fraction of sp³-hybridized carbons (Fsp3) is 0.286. The fourth-order valence-corrected chi connectivity index (χ4v) is 2.84. The summed E-state index contributed by atoms with van der Waals surface area (Å²) >= 11 is 0. The van der Waals surface area contributed by atoms with E-state index in [1.165, 1.54) is 0 Å². The molecule has 1 amide bonds. The Bertz CT molecular complexity index is 743. The fourth-order valence-electron chi connectivity index (χ4n) is 2.84. The lowest BCUT2D eigenvalue weighted by atomic mass is 9.99. The van der Waals surface area contributed by atoms with Crippen molar-refractivity contribution in [1.82, 2.24) is 5.32 Å². The molecule has 0 aliphatic rings.